The highest BCUT2D eigenvalue weighted by atomic mass is 19.3. The van der Waals surface area contributed by atoms with E-state index in [4.69, 9.17) is 0 Å². The summed E-state index contributed by atoms with van der Waals surface area (Å²) in [6, 6.07) is 0. The summed E-state index contributed by atoms with van der Waals surface area (Å²) >= 11 is 0. The fourth-order valence-electron chi connectivity index (χ4n) is 0.387. The summed E-state index contributed by atoms with van der Waals surface area (Å²) in [4.78, 5) is 9.96. The van der Waals surface area contributed by atoms with Gasteiger partial charge < -0.3 is 5.73 Å². The molecule has 2 N–H and O–H groups in total. The minimum Gasteiger partial charge on any atom is -0.367 e. The van der Waals surface area contributed by atoms with Gasteiger partial charge in [-0.1, -0.05) is 6.92 Å². The average Bonchev–Trinajstić information content (AvgIpc) is 1.84. The molecule has 0 saturated heterocycles. The van der Waals surface area contributed by atoms with E-state index in [1.807, 2.05) is 0 Å². The molecular weight excluding hydrogens is 147 g/mol. The van der Waals surface area contributed by atoms with Crippen molar-refractivity contribution in [1.29, 1.82) is 0 Å². The van der Waals surface area contributed by atoms with Crippen LogP contribution in [-0.4, -0.2) is 18.5 Å². The second kappa shape index (κ2) is 3.43. The molecule has 0 aliphatic carbocycles. The van der Waals surface area contributed by atoms with Crippen molar-refractivity contribution in [2.24, 2.45) is 11.7 Å². The van der Waals surface area contributed by atoms with Gasteiger partial charge in [-0.05, 0) is 0 Å². The highest BCUT2D eigenvalue weighted by Crippen LogP contribution is 2.15. The fourth-order valence-corrected chi connectivity index (χ4v) is 0.387. The lowest BCUT2D eigenvalue weighted by molar-refractivity contribution is -0.126. The van der Waals surface area contributed by atoms with Crippen molar-refractivity contribution in [3.05, 3.63) is 0 Å². The lowest BCUT2D eigenvalue weighted by Gasteiger charge is -2.11. The Hall–Kier alpha value is -0.740. The van der Waals surface area contributed by atoms with Crippen LogP contribution in [0.2, 0.25) is 0 Å². The Morgan fingerprint density at radius 1 is 1.40 bits per heavy atom. The molecule has 0 aliphatic heterocycles. The number of rotatable bonds is 3. The van der Waals surface area contributed by atoms with Crippen LogP contribution in [0.25, 0.3) is 0 Å². The van der Waals surface area contributed by atoms with Crippen molar-refractivity contribution >= 4 is 5.91 Å². The standard InChI is InChI=1S/C5H8F3NO/c1-2(4(7)8)3(6)5(9)10/h2-4H,1H3,(H2,9,10). The van der Waals surface area contributed by atoms with E-state index in [2.05, 4.69) is 5.73 Å². The highest BCUT2D eigenvalue weighted by Gasteiger charge is 2.29. The Morgan fingerprint density at radius 3 is 1.90 bits per heavy atom. The van der Waals surface area contributed by atoms with E-state index in [9.17, 15) is 18.0 Å². The van der Waals surface area contributed by atoms with Crippen LogP contribution in [0.4, 0.5) is 13.2 Å². The first kappa shape index (κ1) is 9.26. The third kappa shape index (κ3) is 2.24. The molecule has 2 unspecified atom stereocenters. The number of carbonyl (C=O) groups is 1. The van der Waals surface area contributed by atoms with Crippen LogP contribution in [0.15, 0.2) is 0 Å². The molecule has 0 radical (unpaired) electrons. The van der Waals surface area contributed by atoms with Crippen molar-refractivity contribution in [1.82, 2.24) is 0 Å². The quantitative estimate of drug-likeness (QED) is 0.640. The van der Waals surface area contributed by atoms with E-state index in [0.717, 1.165) is 6.92 Å². The lowest BCUT2D eigenvalue weighted by atomic mass is 10.1. The van der Waals surface area contributed by atoms with Gasteiger partial charge in [-0.15, -0.1) is 0 Å². The van der Waals surface area contributed by atoms with Crippen LogP contribution in [-0.2, 0) is 4.79 Å². The van der Waals surface area contributed by atoms with Crippen LogP contribution >= 0.6 is 0 Å². The van der Waals surface area contributed by atoms with Gasteiger partial charge in [0.15, 0.2) is 6.17 Å². The Balaban J connectivity index is 3.94. The molecule has 0 fully saturated rings. The molecule has 0 heterocycles. The van der Waals surface area contributed by atoms with Gasteiger partial charge in [0.2, 0.25) is 6.43 Å². The first-order chi connectivity index (χ1) is 4.46. The smallest absolute Gasteiger partial charge is 0.252 e. The summed E-state index contributed by atoms with van der Waals surface area (Å²) in [7, 11) is 0. The number of alkyl halides is 3. The Labute approximate surface area is 56.2 Å². The van der Waals surface area contributed by atoms with Crippen molar-refractivity contribution < 1.29 is 18.0 Å². The summed E-state index contributed by atoms with van der Waals surface area (Å²) in [6.45, 7) is 0.931. The van der Waals surface area contributed by atoms with E-state index >= 15 is 0 Å². The number of hydrogen-bond acceptors (Lipinski definition) is 1. The minimum absolute atomic E-state index is 0.931. The van der Waals surface area contributed by atoms with Crippen molar-refractivity contribution in [2.45, 2.75) is 19.5 Å². The largest absolute Gasteiger partial charge is 0.367 e. The van der Waals surface area contributed by atoms with Crippen LogP contribution in [0, 0.1) is 5.92 Å². The molecule has 0 spiro atoms. The maximum Gasteiger partial charge on any atom is 0.252 e. The predicted molar refractivity (Wildman–Crippen MR) is 29.3 cm³/mol. The molecule has 0 rings (SSSR count). The van der Waals surface area contributed by atoms with E-state index in [1.165, 1.54) is 0 Å². The molecule has 0 aromatic rings. The van der Waals surface area contributed by atoms with Gasteiger partial charge in [0.25, 0.3) is 5.91 Å². The van der Waals surface area contributed by atoms with Gasteiger partial charge in [-0.2, -0.15) is 0 Å². The molecule has 60 valence electrons. The maximum atomic E-state index is 12.2. The zero-order chi connectivity index (χ0) is 8.31. The molecule has 2 nitrogen and oxygen atoms in total. The van der Waals surface area contributed by atoms with Crippen molar-refractivity contribution in [2.75, 3.05) is 0 Å². The third-order valence-corrected chi connectivity index (χ3v) is 1.13. The monoisotopic (exact) mass is 155 g/mol. The Morgan fingerprint density at radius 2 is 1.80 bits per heavy atom. The topological polar surface area (TPSA) is 43.1 Å². The summed E-state index contributed by atoms with van der Waals surface area (Å²) in [5, 5.41) is 0. The van der Waals surface area contributed by atoms with Crippen LogP contribution in [0.1, 0.15) is 6.92 Å². The fraction of sp³-hybridized carbons (Fsp3) is 0.800. The summed E-state index contributed by atoms with van der Waals surface area (Å²) in [5.74, 6) is -2.95. The molecular formula is C5H8F3NO. The molecule has 0 aliphatic rings. The zero-order valence-corrected chi connectivity index (χ0v) is 5.35. The molecule has 0 aromatic carbocycles. The molecule has 1 amide bonds. The molecule has 10 heavy (non-hydrogen) atoms. The molecule has 2 atom stereocenters. The summed E-state index contributed by atoms with van der Waals surface area (Å²) in [6.07, 6.45) is -5.09. The minimum atomic E-state index is -2.84. The SMILES string of the molecule is CC(C(F)F)C(F)C(N)=O. The number of nitrogens with two attached hydrogens (primary N) is 1. The van der Waals surface area contributed by atoms with Gasteiger partial charge in [-0.25, -0.2) is 13.2 Å². The molecule has 0 saturated carbocycles. The Kier molecular flexibility index (Phi) is 3.18. The van der Waals surface area contributed by atoms with Gasteiger partial charge in [0, 0.05) is 0 Å². The first-order valence-corrected chi connectivity index (χ1v) is 2.68. The van der Waals surface area contributed by atoms with Crippen LogP contribution in [0.5, 0.6) is 0 Å². The van der Waals surface area contributed by atoms with Crippen LogP contribution < -0.4 is 5.73 Å². The second-order valence-corrected chi connectivity index (χ2v) is 2.00. The summed E-state index contributed by atoms with van der Waals surface area (Å²) in [5.41, 5.74) is 4.43. The van der Waals surface area contributed by atoms with Gasteiger partial charge >= 0.3 is 0 Å². The van der Waals surface area contributed by atoms with E-state index in [1.54, 1.807) is 0 Å². The Bertz CT molecular complexity index is 128. The number of carbonyl (C=O) groups excluding carboxylic acids is 1. The van der Waals surface area contributed by atoms with E-state index < -0.39 is 24.4 Å². The average molecular weight is 155 g/mol. The normalized spacial score (nSPS) is 16.9. The number of amides is 1. The molecule has 5 heteroatoms. The highest BCUT2D eigenvalue weighted by molar-refractivity contribution is 5.78. The van der Waals surface area contributed by atoms with Gasteiger partial charge in [0.05, 0.1) is 5.92 Å². The van der Waals surface area contributed by atoms with E-state index in [0.29, 0.717) is 0 Å². The van der Waals surface area contributed by atoms with Gasteiger partial charge in [-0.3, -0.25) is 4.79 Å². The van der Waals surface area contributed by atoms with Crippen molar-refractivity contribution in [3.63, 3.8) is 0 Å². The second-order valence-electron chi connectivity index (χ2n) is 2.00. The van der Waals surface area contributed by atoms with Gasteiger partial charge in [0.1, 0.15) is 0 Å². The molecule has 0 bridgehead atoms. The summed E-state index contributed by atoms with van der Waals surface area (Å²) < 4.78 is 35.4. The number of primary amides is 1. The van der Waals surface area contributed by atoms with Crippen LogP contribution in [0.3, 0.4) is 0 Å². The number of hydrogen-bond donors (Lipinski definition) is 1. The third-order valence-electron chi connectivity index (χ3n) is 1.13. The van der Waals surface area contributed by atoms with E-state index in [-0.39, 0.29) is 0 Å². The van der Waals surface area contributed by atoms with Crippen molar-refractivity contribution in [3.8, 4) is 0 Å². The lowest BCUT2D eigenvalue weighted by Crippen LogP contribution is -2.33. The first-order valence-electron chi connectivity index (χ1n) is 2.68. The predicted octanol–water partition coefficient (Wildman–Crippen LogP) is 0.711. The zero-order valence-electron chi connectivity index (χ0n) is 5.35. The molecule has 0 aromatic heterocycles. The maximum absolute atomic E-state index is 12.2. The number of halogens is 3.